The molecule has 0 saturated heterocycles. The Kier molecular flexibility index (Phi) is 5.54. The summed E-state index contributed by atoms with van der Waals surface area (Å²) in [6.07, 6.45) is 0.792. The molecule has 0 aliphatic carbocycles. The Hall–Kier alpha value is -1.36. The van der Waals surface area contributed by atoms with Gasteiger partial charge in [-0.15, -0.1) is 0 Å². The minimum atomic E-state index is -0.633. The SMILES string of the molecule is CCCOC(=O)c1ccc(NC(=O)C(C)(C)Br)cc1. The second kappa shape index (κ2) is 6.70. The van der Waals surface area contributed by atoms with Crippen molar-refractivity contribution >= 4 is 33.5 Å². The van der Waals surface area contributed by atoms with Crippen molar-refractivity contribution in [3.05, 3.63) is 29.8 Å². The van der Waals surface area contributed by atoms with E-state index in [9.17, 15) is 9.59 Å². The molecule has 1 amide bonds. The molecule has 1 N–H and O–H groups in total. The zero-order chi connectivity index (χ0) is 14.5. The Labute approximate surface area is 121 Å². The molecule has 0 aliphatic rings. The second-order valence-corrected chi connectivity index (χ2v) is 6.62. The first-order valence-electron chi connectivity index (χ1n) is 6.12. The highest BCUT2D eigenvalue weighted by atomic mass is 79.9. The lowest BCUT2D eigenvalue weighted by molar-refractivity contribution is -0.117. The maximum absolute atomic E-state index is 11.7. The molecule has 0 saturated carbocycles. The van der Waals surface area contributed by atoms with Gasteiger partial charge in [-0.3, -0.25) is 4.79 Å². The lowest BCUT2D eigenvalue weighted by atomic mass is 10.1. The van der Waals surface area contributed by atoms with Crippen molar-refractivity contribution in [3.8, 4) is 0 Å². The van der Waals surface area contributed by atoms with E-state index in [0.717, 1.165) is 6.42 Å². The summed E-state index contributed by atoms with van der Waals surface area (Å²) in [5.41, 5.74) is 1.12. The first-order valence-corrected chi connectivity index (χ1v) is 6.91. The number of anilines is 1. The average molecular weight is 328 g/mol. The molecule has 1 aromatic rings. The maximum atomic E-state index is 11.7. The summed E-state index contributed by atoms with van der Waals surface area (Å²) >= 11 is 3.28. The average Bonchev–Trinajstić information content (AvgIpc) is 2.35. The van der Waals surface area contributed by atoms with Crippen molar-refractivity contribution in [2.75, 3.05) is 11.9 Å². The Morgan fingerprint density at radius 2 is 1.84 bits per heavy atom. The van der Waals surface area contributed by atoms with Crippen LogP contribution in [0.5, 0.6) is 0 Å². The Morgan fingerprint density at radius 3 is 2.32 bits per heavy atom. The Balaban J connectivity index is 2.67. The summed E-state index contributed by atoms with van der Waals surface area (Å²) in [5, 5.41) is 2.75. The molecule has 5 heteroatoms. The molecule has 104 valence electrons. The molecular weight excluding hydrogens is 310 g/mol. The summed E-state index contributed by atoms with van der Waals surface area (Å²) in [6, 6.07) is 6.63. The third-order valence-electron chi connectivity index (χ3n) is 2.36. The van der Waals surface area contributed by atoms with Crippen molar-refractivity contribution in [2.24, 2.45) is 0 Å². The van der Waals surface area contributed by atoms with E-state index in [0.29, 0.717) is 17.9 Å². The van der Waals surface area contributed by atoms with E-state index in [-0.39, 0.29) is 11.9 Å². The van der Waals surface area contributed by atoms with Gasteiger partial charge < -0.3 is 10.1 Å². The molecule has 0 aliphatic heterocycles. The number of hydrogen-bond donors (Lipinski definition) is 1. The lowest BCUT2D eigenvalue weighted by Gasteiger charge is -2.15. The zero-order valence-electron chi connectivity index (χ0n) is 11.3. The molecule has 19 heavy (non-hydrogen) atoms. The van der Waals surface area contributed by atoms with Crippen LogP contribution >= 0.6 is 15.9 Å². The number of nitrogens with one attached hydrogen (secondary N) is 1. The van der Waals surface area contributed by atoms with Crippen molar-refractivity contribution in [1.82, 2.24) is 0 Å². The predicted octanol–water partition coefficient (Wildman–Crippen LogP) is 3.37. The summed E-state index contributed by atoms with van der Waals surface area (Å²) in [7, 11) is 0. The summed E-state index contributed by atoms with van der Waals surface area (Å²) in [5.74, 6) is -0.491. The topological polar surface area (TPSA) is 55.4 Å². The number of hydrogen-bond acceptors (Lipinski definition) is 3. The number of carbonyl (C=O) groups is 2. The van der Waals surface area contributed by atoms with Crippen LogP contribution in [0.2, 0.25) is 0 Å². The molecule has 4 nitrogen and oxygen atoms in total. The maximum Gasteiger partial charge on any atom is 0.338 e. The molecule has 1 rings (SSSR count). The largest absolute Gasteiger partial charge is 0.462 e. The highest BCUT2D eigenvalue weighted by Gasteiger charge is 2.23. The molecule has 0 heterocycles. The molecule has 0 aromatic heterocycles. The van der Waals surface area contributed by atoms with Gasteiger partial charge in [0.1, 0.15) is 0 Å². The standard InChI is InChI=1S/C14H18BrNO3/c1-4-9-19-12(17)10-5-7-11(8-6-10)16-13(18)14(2,3)15/h5-8H,4,9H2,1-3H3,(H,16,18). The van der Waals surface area contributed by atoms with Crippen LogP contribution in [0.4, 0.5) is 5.69 Å². The van der Waals surface area contributed by atoms with E-state index in [1.165, 1.54) is 0 Å². The Bertz CT molecular complexity index is 449. The van der Waals surface area contributed by atoms with Gasteiger partial charge >= 0.3 is 5.97 Å². The van der Waals surface area contributed by atoms with Crippen LogP contribution in [0.25, 0.3) is 0 Å². The third-order valence-corrected chi connectivity index (χ3v) is 2.72. The fourth-order valence-electron chi connectivity index (χ4n) is 1.25. The summed E-state index contributed by atoms with van der Waals surface area (Å²) in [6.45, 7) is 5.88. The number of ether oxygens (including phenoxy) is 1. The van der Waals surface area contributed by atoms with Crippen LogP contribution in [0.3, 0.4) is 0 Å². The third kappa shape index (κ3) is 5.03. The van der Waals surface area contributed by atoms with Gasteiger partial charge in [-0.25, -0.2) is 4.79 Å². The van der Waals surface area contributed by atoms with Crippen molar-refractivity contribution in [2.45, 2.75) is 31.5 Å². The van der Waals surface area contributed by atoms with Crippen molar-refractivity contribution in [3.63, 3.8) is 0 Å². The van der Waals surface area contributed by atoms with E-state index in [1.54, 1.807) is 38.1 Å². The van der Waals surface area contributed by atoms with Gasteiger partial charge in [-0.2, -0.15) is 0 Å². The quantitative estimate of drug-likeness (QED) is 0.666. The highest BCUT2D eigenvalue weighted by Crippen LogP contribution is 2.19. The van der Waals surface area contributed by atoms with Gasteiger partial charge in [-0.1, -0.05) is 22.9 Å². The number of alkyl halides is 1. The van der Waals surface area contributed by atoms with Crippen LogP contribution < -0.4 is 5.32 Å². The molecule has 0 spiro atoms. The smallest absolute Gasteiger partial charge is 0.338 e. The van der Waals surface area contributed by atoms with Crippen molar-refractivity contribution < 1.29 is 14.3 Å². The number of halogens is 1. The zero-order valence-corrected chi connectivity index (χ0v) is 12.9. The molecule has 0 bridgehead atoms. The molecule has 1 aromatic carbocycles. The second-order valence-electron chi connectivity index (χ2n) is 4.64. The molecule has 0 radical (unpaired) electrons. The van der Waals surface area contributed by atoms with Gasteiger partial charge in [0.25, 0.3) is 0 Å². The van der Waals surface area contributed by atoms with E-state index >= 15 is 0 Å². The number of carbonyl (C=O) groups excluding carboxylic acids is 2. The van der Waals surface area contributed by atoms with Crippen LogP contribution in [-0.4, -0.2) is 22.8 Å². The molecule has 0 unspecified atom stereocenters. The van der Waals surface area contributed by atoms with Gasteiger partial charge in [0.2, 0.25) is 5.91 Å². The van der Waals surface area contributed by atoms with E-state index in [1.807, 2.05) is 6.92 Å². The van der Waals surface area contributed by atoms with E-state index in [4.69, 9.17) is 4.74 Å². The number of amides is 1. The van der Waals surface area contributed by atoms with Gasteiger partial charge in [0, 0.05) is 5.69 Å². The summed E-state index contributed by atoms with van der Waals surface area (Å²) in [4.78, 5) is 23.3. The van der Waals surface area contributed by atoms with Gasteiger partial charge in [-0.05, 0) is 44.5 Å². The monoisotopic (exact) mass is 327 g/mol. The van der Waals surface area contributed by atoms with Crippen LogP contribution in [0, 0.1) is 0 Å². The number of esters is 1. The van der Waals surface area contributed by atoms with Crippen molar-refractivity contribution in [1.29, 1.82) is 0 Å². The molecule has 0 fully saturated rings. The fraction of sp³-hybridized carbons (Fsp3) is 0.429. The number of benzene rings is 1. The first-order chi connectivity index (χ1) is 8.84. The lowest BCUT2D eigenvalue weighted by Crippen LogP contribution is -2.30. The van der Waals surface area contributed by atoms with Crippen LogP contribution in [0.1, 0.15) is 37.6 Å². The predicted molar refractivity (Wildman–Crippen MR) is 78.7 cm³/mol. The number of rotatable bonds is 5. The highest BCUT2D eigenvalue weighted by molar-refractivity contribution is 9.10. The van der Waals surface area contributed by atoms with E-state index in [2.05, 4.69) is 21.2 Å². The Morgan fingerprint density at radius 1 is 1.26 bits per heavy atom. The van der Waals surface area contributed by atoms with Gasteiger partial charge in [0.05, 0.1) is 16.5 Å². The van der Waals surface area contributed by atoms with Gasteiger partial charge in [0.15, 0.2) is 0 Å². The van der Waals surface area contributed by atoms with E-state index < -0.39 is 4.32 Å². The normalized spacial score (nSPS) is 10.9. The van der Waals surface area contributed by atoms with Crippen LogP contribution in [-0.2, 0) is 9.53 Å². The minimum absolute atomic E-state index is 0.145. The summed E-state index contributed by atoms with van der Waals surface area (Å²) < 4.78 is 4.39. The molecule has 0 atom stereocenters. The molecular formula is C14H18BrNO3. The minimum Gasteiger partial charge on any atom is -0.462 e. The van der Waals surface area contributed by atoms with Crippen LogP contribution in [0.15, 0.2) is 24.3 Å². The fourth-order valence-corrected chi connectivity index (χ4v) is 1.35. The first kappa shape index (κ1) is 15.7.